The van der Waals surface area contributed by atoms with Crippen LogP contribution in [0, 0.1) is 0 Å². The monoisotopic (exact) mass is 235 g/mol. The number of anilines is 1. The predicted octanol–water partition coefficient (Wildman–Crippen LogP) is 2.03. The van der Waals surface area contributed by atoms with E-state index in [2.05, 4.69) is 22.5 Å². The Bertz CT molecular complexity index is 337. The summed E-state index contributed by atoms with van der Waals surface area (Å²) in [5.41, 5.74) is 0. The summed E-state index contributed by atoms with van der Waals surface area (Å²) in [6.07, 6.45) is 5.11. The molecule has 0 aromatic carbocycles. The van der Waals surface area contributed by atoms with Crippen molar-refractivity contribution >= 4 is 5.82 Å². The van der Waals surface area contributed by atoms with E-state index in [1.54, 1.807) is 0 Å². The van der Waals surface area contributed by atoms with Gasteiger partial charge in [0.15, 0.2) is 11.6 Å². The van der Waals surface area contributed by atoms with Crippen molar-refractivity contribution in [2.75, 3.05) is 25.0 Å². The van der Waals surface area contributed by atoms with Gasteiger partial charge < -0.3 is 15.4 Å². The van der Waals surface area contributed by atoms with Crippen LogP contribution < -0.4 is 15.4 Å². The van der Waals surface area contributed by atoms with Crippen molar-refractivity contribution in [1.29, 1.82) is 0 Å². The summed E-state index contributed by atoms with van der Waals surface area (Å²) in [5.74, 6) is 1.75. The molecule has 1 aliphatic heterocycles. The van der Waals surface area contributed by atoms with E-state index in [9.17, 15) is 0 Å². The summed E-state index contributed by atoms with van der Waals surface area (Å²) in [4.78, 5) is 4.37. The van der Waals surface area contributed by atoms with Gasteiger partial charge in [0.05, 0.1) is 6.61 Å². The Morgan fingerprint density at radius 3 is 3.06 bits per heavy atom. The second kappa shape index (κ2) is 6.45. The third-order valence-corrected chi connectivity index (χ3v) is 2.91. The zero-order valence-corrected chi connectivity index (χ0v) is 10.4. The molecule has 2 N–H and O–H groups in total. The predicted molar refractivity (Wildman–Crippen MR) is 69.5 cm³/mol. The molecule has 94 valence electrons. The van der Waals surface area contributed by atoms with Gasteiger partial charge in [-0.25, -0.2) is 4.98 Å². The van der Waals surface area contributed by atoms with Gasteiger partial charge in [-0.05, 0) is 44.5 Å². The molecule has 1 aromatic rings. The number of ether oxygens (including phenoxy) is 1. The molecule has 0 bridgehead atoms. The molecule has 0 saturated carbocycles. The lowest BCUT2D eigenvalue weighted by Crippen LogP contribution is -2.35. The van der Waals surface area contributed by atoms with Crippen LogP contribution in [-0.4, -0.2) is 30.7 Å². The number of hydrogen-bond donors (Lipinski definition) is 2. The maximum absolute atomic E-state index is 5.69. The summed E-state index contributed by atoms with van der Waals surface area (Å²) in [6.45, 7) is 5.01. The van der Waals surface area contributed by atoms with Gasteiger partial charge >= 0.3 is 0 Å². The quantitative estimate of drug-likeness (QED) is 0.820. The van der Waals surface area contributed by atoms with Gasteiger partial charge in [-0.2, -0.15) is 0 Å². The molecule has 1 aromatic heterocycles. The maximum Gasteiger partial charge on any atom is 0.168 e. The average Bonchev–Trinajstić information content (AvgIpc) is 2.39. The van der Waals surface area contributed by atoms with Gasteiger partial charge in [0.2, 0.25) is 0 Å². The van der Waals surface area contributed by atoms with Crippen molar-refractivity contribution in [3.63, 3.8) is 0 Å². The first-order valence-corrected chi connectivity index (χ1v) is 6.45. The molecule has 0 spiro atoms. The molecule has 4 nitrogen and oxygen atoms in total. The van der Waals surface area contributed by atoms with E-state index in [-0.39, 0.29) is 0 Å². The van der Waals surface area contributed by atoms with E-state index in [0.29, 0.717) is 6.04 Å². The number of nitrogens with one attached hydrogen (secondary N) is 2. The summed E-state index contributed by atoms with van der Waals surface area (Å²) in [7, 11) is 0. The first-order valence-electron chi connectivity index (χ1n) is 6.45. The number of piperidine rings is 1. The number of hydrogen-bond acceptors (Lipinski definition) is 4. The minimum Gasteiger partial charge on any atom is -0.490 e. The summed E-state index contributed by atoms with van der Waals surface area (Å²) >= 11 is 0. The fourth-order valence-electron chi connectivity index (χ4n) is 1.99. The van der Waals surface area contributed by atoms with Crippen LogP contribution >= 0.6 is 0 Å². The van der Waals surface area contributed by atoms with Gasteiger partial charge in [0.1, 0.15) is 0 Å². The molecule has 0 radical (unpaired) electrons. The first kappa shape index (κ1) is 12.2. The van der Waals surface area contributed by atoms with Crippen LogP contribution in [-0.2, 0) is 0 Å². The zero-order valence-electron chi connectivity index (χ0n) is 10.4. The zero-order chi connectivity index (χ0) is 11.9. The van der Waals surface area contributed by atoms with E-state index in [1.807, 2.05) is 18.3 Å². The summed E-state index contributed by atoms with van der Waals surface area (Å²) < 4.78 is 5.69. The van der Waals surface area contributed by atoms with E-state index in [1.165, 1.54) is 0 Å². The third-order valence-electron chi connectivity index (χ3n) is 2.91. The Labute approximate surface area is 103 Å². The molecule has 0 aliphatic carbocycles. The normalized spacial score (nSPS) is 16.8. The molecule has 2 heterocycles. The summed E-state index contributed by atoms with van der Waals surface area (Å²) in [5, 5.41) is 6.84. The molecule has 0 unspecified atom stereocenters. The van der Waals surface area contributed by atoms with Crippen molar-refractivity contribution in [3.8, 4) is 5.75 Å². The maximum atomic E-state index is 5.69. The largest absolute Gasteiger partial charge is 0.490 e. The van der Waals surface area contributed by atoms with Crippen LogP contribution in [0.3, 0.4) is 0 Å². The smallest absolute Gasteiger partial charge is 0.168 e. The van der Waals surface area contributed by atoms with Gasteiger partial charge in [-0.3, -0.25) is 0 Å². The molecule has 0 atom stereocenters. The molecule has 4 heteroatoms. The highest BCUT2D eigenvalue weighted by molar-refractivity contribution is 5.50. The average molecular weight is 235 g/mol. The molecular formula is C13H21N3O. The van der Waals surface area contributed by atoms with Crippen molar-refractivity contribution in [2.24, 2.45) is 0 Å². The van der Waals surface area contributed by atoms with Gasteiger partial charge in [-0.1, -0.05) is 6.92 Å². The van der Waals surface area contributed by atoms with Crippen LogP contribution in [0.5, 0.6) is 5.75 Å². The topological polar surface area (TPSA) is 46.2 Å². The number of rotatable bonds is 5. The summed E-state index contributed by atoms with van der Waals surface area (Å²) in [6, 6.07) is 4.40. The van der Waals surface area contributed by atoms with E-state index in [0.717, 1.165) is 50.5 Å². The lowest BCUT2D eigenvalue weighted by Gasteiger charge is -2.25. The molecule has 2 rings (SSSR count). The molecule has 17 heavy (non-hydrogen) atoms. The van der Waals surface area contributed by atoms with Crippen LogP contribution in [0.15, 0.2) is 18.3 Å². The minimum absolute atomic E-state index is 0.509. The van der Waals surface area contributed by atoms with E-state index >= 15 is 0 Å². The van der Waals surface area contributed by atoms with Crippen molar-refractivity contribution < 1.29 is 4.74 Å². The van der Waals surface area contributed by atoms with Crippen LogP contribution in [0.2, 0.25) is 0 Å². The van der Waals surface area contributed by atoms with E-state index in [4.69, 9.17) is 4.74 Å². The Balaban J connectivity index is 1.98. The van der Waals surface area contributed by atoms with Gasteiger partial charge in [0, 0.05) is 12.2 Å². The highest BCUT2D eigenvalue weighted by Crippen LogP contribution is 2.23. The lowest BCUT2D eigenvalue weighted by molar-refractivity contribution is 0.317. The highest BCUT2D eigenvalue weighted by Gasteiger charge is 2.15. The van der Waals surface area contributed by atoms with Gasteiger partial charge in [-0.15, -0.1) is 0 Å². The number of aromatic nitrogens is 1. The molecular weight excluding hydrogens is 214 g/mol. The van der Waals surface area contributed by atoms with Crippen molar-refractivity contribution in [2.45, 2.75) is 32.2 Å². The molecule has 0 amide bonds. The molecule has 1 saturated heterocycles. The number of pyridine rings is 1. The van der Waals surface area contributed by atoms with E-state index < -0.39 is 0 Å². The third kappa shape index (κ3) is 3.60. The Morgan fingerprint density at radius 2 is 2.29 bits per heavy atom. The minimum atomic E-state index is 0.509. The Kier molecular flexibility index (Phi) is 4.62. The fraction of sp³-hybridized carbons (Fsp3) is 0.615. The highest BCUT2D eigenvalue weighted by atomic mass is 16.5. The first-order chi connectivity index (χ1) is 8.40. The van der Waals surface area contributed by atoms with Crippen molar-refractivity contribution in [3.05, 3.63) is 18.3 Å². The SMILES string of the molecule is CCCOc1cccnc1NC1CCNCC1. The Hall–Kier alpha value is -1.29. The standard InChI is InChI=1S/C13H21N3O/c1-2-10-17-12-4-3-7-15-13(12)16-11-5-8-14-9-6-11/h3-4,7,11,14H,2,5-6,8-10H2,1H3,(H,15,16). The molecule has 1 fully saturated rings. The number of nitrogens with zero attached hydrogens (tertiary/aromatic N) is 1. The van der Waals surface area contributed by atoms with Crippen LogP contribution in [0.1, 0.15) is 26.2 Å². The van der Waals surface area contributed by atoms with Crippen LogP contribution in [0.4, 0.5) is 5.82 Å². The molecule has 1 aliphatic rings. The van der Waals surface area contributed by atoms with Crippen molar-refractivity contribution in [1.82, 2.24) is 10.3 Å². The van der Waals surface area contributed by atoms with Gasteiger partial charge in [0.25, 0.3) is 0 Å². The lowest BCUT2D eigenvalue weighted by atomic mass is 10.1. The fourth-order valence-corrected chi connectivity index (χ4v) is 1.99. The van der Waals surface area contributed by atoms with Crippen LogP contribution in [0.25, 0.3) is 0 Å². The second-order valence-corrected chi connectivity index (χ2v) is 4.37. The Morgan fingerprint density at radius 1 is 1.47 bits per heavy atom. The second-order valence-electron chi connectivity index (χ2n) is 4.37.